The first-order valence-electron chi connectivity index (χ1n) is 5.90. The molecule has 0 aliphatic rings. The molecule has 0 spiro atoms. The summed E-state index contributed by atoms with van der Waals surface area (Å²) in [4.78, 5) is 4.14. The molecule has 0 unspecified atom stereocenters. The second-order valence-corrected chi connectivity index (χ2v) is 6.06. The Hall–Kier alpha value is -2.09. The molecule has 0 atom stereocenters. The van der Waals surface area contributed by atoms with Gasteiger partial charge in [0.2, 0.25) is 0 Å². The number of anilines is 1. The molecule has 0 aliphatic heterocycles. The van der Waals surface area contributed by atoms with Crippen molar-refractivity contribution in [3.05, 3.63) is 29.1 Å². The fourth-order valence-corrected chi connectivity index (χ4v) is 3.41. The van der Waals surface area contributed by atoms with Crippen LogP contribution in [-0.2, 0) is 10.0 Å². The quantitative estimate of drug-likeness (QED) is 0.892. The topological polar surface area (TPSA) is 97.0 Å². The number of rotatable bonds is 4. The summed E-state index contributed by atoms with van der Waals surface area (Å²) in [6, 6.07) is 3.34. The summed E-state index contributed by atoms with van der Waals surface area (Å²) in [5.74, 6) is 1.18. The second-order valence-electron chi connectivity index (χ2n) is 4.44. The lowest BCUT2D eigenvalue weighted by molar-refractivity contribution is 0.413. The van der Waals surface area contributed by atoms with Crippen molar-refractivity contribution in [2.24, 2.45) is 0 Å². The molecular weight excluding hydrogens is 280 g/mol. The van der Waals surface area contributed by atoms with Gasteiger partial charge in [-0.05, 0) is 44.0 Å². The van der Waals surface area contributed by atoms with Gasteiger partial charge in [-0.25, -0.2) is 13.1 Å². The van der Waals surface area contributed by atoms with E-state index in [1.54, 1.807) is 32.9 Å². The molecule has 0 fully saturated rings. The van der Waals surface area contributed by atoms with Gasteiger partial charge in [0.25, 0.3) is 16.0 Å². The minimum Gasteiger partial charge on any atom is -0.497 e. The normalized spacial score (nSPS) is 11.4. The number of aromatic amines is 1. The second kappa shape index (κ2) is 5.12. The number of sulfonamides is 1. The largest absolute Gasteiger partial charge is 0.497 e. The van der Waals surface area contributed by atoms with Gasteiger partial charge in [-0.3, -0.25) is 5.10 Å². The maximum Gasteiger partial charge on any atom is 0.264 e. The number of benzene rings is 1. The van der Waals surface area contributed by atoms with Crippen molar-refractivity contribution >= 4 is 16.0 Å². The maximum atomic E-state index is 12.4. The molecule has 0 saturated carbocycles. The van der Waals surface area contributed by atoms with E-state index in [1.165, 1.54) is 7.11 Å². The van der Waals surface area contributed by atoms with Crippen LogP contribution in [0.25, 0.3) is 0 Å². The van der Waals surface area contributed by atoms with Gasteiger partial charge in [-0.15, -0.1) is 5.10 Å². The van der Waals surface area contributed by atoms with Gasteiger partial charge in [0.1, 0.15) is 11.6 Å². The number of aromatic nitrogens is 3. The molecule has 20 heavy (non-hydrogen) atoms. The van der Waals surface area contributed by atoms with Crippen LogP contribution in [0.2, 0.25) is 0 Å². The summed E-state index contributed by atoms with van der Waals surface area (Å²) < 4.78 is 32.3. The Bertz CT molecular complexity index is 714. The Balaban J connectivity index is 2.44. The standard InChI is InChI=1S/C12H16N4O3S/c1-7-5-10(19-4)6-8(2)11(7)20(17,18)16-12-13-9(3)14-15-12/h5-6H,1-4H3,(H2,13,14,15,16). The molecule has 0 amide bonds. The average molecular weight is 296 g/mol. The van der Waals surface area contributed by atoms with Crippen LogP contribution in [0.4, 0.5) is 5.95 Å². The van der Waals surface area contributed by atoms with E-state index < -0.39 is 10.0 Å². The molecule has 1 heterocycles. The molecule has 0 bridgehead atoms. The molecule has 0 aliphatic carbocycles. The van der Waals surface area contributed by atoms with Crippen LogP contribution < -0.4 is 9.46 Å². The molecule has 8 heteroatoms. The van der Waals surface area contributed by atoms with Crippen molar-refractivity contribution in [1.82, 2.24) is 15.2 Å². The van der Waals surface area contributed by atoms with Crippen LogP contribution in [0.5, 0.6) is 5.75 Å². The van der Waals surface area contributed by atoms with E-state index in [0.29, 0.717) is 22.7 Å². The van der Waals surface area contributed by atoms with Gasteiger partial charge in [0, 0.05) is 0 Å². The lowest BCUT2D eigenvalue weighted by Crippen LogP contribution is -2.16. The molecular formula is C12H16N4O3S. The van der Waals surface area contributed by atoms with Gasteiger partial charge in [-0.1, -0.05) is 0 Å². The lowest BCUT2D eigenvalue weighted by Gasteiger charge is -2.12. The van der Waals surface area contributed by atoms with E-state index >= 15 is 0 Å². The Labute approximate surface area is 117 Å². The molecule has 108 valence electrons. The first kappa shape index (κ1) is 14.3. The van der Waals surface area contributed by atoms with E-state index in [4.69, 9.17) is 4.74 Å². The van der Waals surface area contributed by atoms with Crippen molar-refractivity contribution < 1.29 is 13.2 Å². The monoisotopic (exact) mass is 296 g/mol. The summed E-state index contributed by atoms with van der Waals surface area (Å²) in [5.41, 5.74) is 1.20. The van der Waals surface area contributed by atoms with Crippen LogP contribution in [-0.4, -0.2) is 30.7 Å². The molecule has 1 aromatic carbocycles. The van der Waals surface area contributed by atoms with Gasteiger partial charge >= 0.3 is 0 Å². The Morgan fingerprint density at radius 1 is 1.20 bits per heavy atom. The predicted molar refractivity (Wildman–Crippen MR) is 74.4 cm³/mol. The van der Waals surface area contributed by atoms with E-state index in [9.17, 15) is 8.42 Å². The summed E-state index contributed by atoms with van der Waals surface area (Å²) in [6.07, 6.45) is 0. The van der Waals surface area contributed by atoms with E-state index in [-0.39, 0.29) is 10.8 Å². The number of ether oxygens (including phenoxy) is 1. The molecule has 1 aromatic heterocycles. The number of hydrogen-bond donors (Lipinski definition) is 2. The minimum absolute atomic E-state index is 0.0251. The highest BCUT2D eigenvalue weighted by Crippen LogP contribution is 2.26. The third-order valence-electron chi connectivity index (χ3n) is 2.76. The van der Waals surface area contributed by atoms with E-state index in [2.05, 4.69) is 19.9 Å². The smallest absolute Gasteiger partial charge is 0.264 e. The van der Waals surface area contributed by atoms with Gasteiger partial charge < -0.3 is 4.74 Å². The first-order valence-corrected chi connectivity index (χ1v) is 7.39. The third kappa shape index (κ3) is 2.74. The lowest BCUT2D eigenvalue weighted by atomic mass is 10.1. The number of aryl methyl sites for hydroxylation is 3. The van der Waals surface area contributed by atoms with Gasteiger partial charge in [0.05, 0.1) is 12.0 Å². The molecule has 0 radical (unpaired) electrons. The molecule has 0 saturated heterocycles. The van der Waals surface area contributed by atoms with Gasteiger partial charge in [0.15, 0.2) is 0 Å². The number of nitrogens with one attached hydrogen (secondary N) is 2. The van der Waals surface area contributed by atoms with Crippen molar-refractivity contribution in [2.45, 2.75) is 25.7 Å². The fraction of sp³-hybridized carbons (Fsp3) is 0.333. The molecule has 2 rings (SSSR count). The average Bonchev–Trinajstić information content (AvgIpc) is 2.72. The van der Waals surface area contributed by atoms with Crippen LogP contribution in [0.1, 0.15) is 17.0 Å². The van der Waals surface area contributed by atoms with Gasteiger partial charge in [-0.2, -0.15) is 4.98 Å². The highest BCUT2D eigenvalue weighted by atomic mass is 32.2. The zero-order valence-electron chi connectivity index (χ0n) is 11.7. The summed E-state index contributed by atoms with van der Waals surface area (Å²) in [5, 5.41) is 6.35. The Morgan fingerprint density at radius 3 is 2.25 bits per heavy atom. The SMILES string of the molecule is COc1cc(C)c(S(=O)(=O)Nc2n[nH]c(C)n2)c(C)c1. The highest BCUT2D eigenvalue weighted by Gasteiger charge is 2.22. The molecule has 7 nitrogen and oxygen atoms in total. The van der Waals surface area contributed by atoms with Crippen molar-refractivity contribution in [3.8, 4) is 5.75 Å². The number of H-pyrrole nitrogens is 1. The van der Waals surface area contributed by atoms with Crippen molar-refractivity contribution in [3.63, 3.8) is 0 Å². The van der Waals surface area contributed by atoms with Crippen LogP contribution in [0.3, 0.4) is 0 Å². The third-order valence-corrected chi connectivity index (χ3v) is 4.39. The maximum absolute atomic E-state index is 12.4. The zero-order chi connectivity index (χ0) is 14.9. The Morgan fingerprint density at radius 2 is 1.80 bits per heavy atom. The van der Waals surface area contributed by atoms with Crippen molar-refractivity contribution in [1.29, 1.82) is 0 Å². The number of nitrogens with zero attached hydrogens (tertiary/aromatic N) is 2. The number of methoxy groups -OCH3 is 1. The molecule has 2 N–H and O–H groups in total. The zero-order valence-corrected chi connectivity index (χ0v) is 12.5. The van der Waals surface area contributed by atoms with Crippen LogP contribution >= 0.6 is 0 Å². The summed E-state index contributed by atoms with van der Waals surface area (Å²) in [6.45, 7) is 5.12. The summed E-state index contributed by atoms with van der Waals surface area (Å²) in [7, 11) is -2.20. The molecule has 2 aromatic rings. The van der Waals surface area contributed by atoms with E-state index in [1.807, 2.05) is 0 Å². The summed E-state index contributed by atoms with van der Waals surface area (Å²) >= 11 is 0. The van der Waals surface area contributed by atoms with Crippen LogP contribution in [0, 0.1) is 20.8 Å². The predicted octanol–water partition coefficient (Wildman–Crippen LogP) is 1.54. The van der Waals surface area contributed by atoms with Crippen molar-refractivity contribution in [2.75, 3.05) is 11.8 Å². The number of hydrogen-bond acceptors (Lipinski definition) is 5. The minimum atomic E-state index is -3.74. The Kier molecular flexibility index (Phi) is 3.67. The first-order chi connectivity index (χ1) is 9.33. The van der Waals surface area contributed by atoms with Crippen LogP contribution in [0.15, 0.2) is 17.0 Å². The van der Waals surface area contributed by atoms with E-state index in [0.717, 1.165) is 0 Å². The highest BCUT2D eigenvalue weighted by molar-refractivity contribution is 7.92. The fourth-order valence-electron chi connectivity index (χ4n) is 2.01.